The highest BCUT2D eigenvalue weighted by atomic mass is 35.5. The van der Waals surface area contributed by atoms with Crippen LogP contribution >= 0.6 is 11.6 Å². The maximum atomic E-state index is 12.4. The highest BCUT2D eigenvalue weighted by molar-refractivity contribution is 7.90. The molecule has 2 aromatic rings. The van der Waals surface area contributed by atoms with Gasteiger partial charge in [-0.3, -0.25) is 9.59 Å². The van der Waals surface area contributed by atoms with E-state index in [-0.39, 0.29) is 27.1 Å². The van der Waals surface area contributed by atoms with Crippen LogP contribution < -0.4 is 14.8 Å². The maximum absolute atomic E-state index is 12.4. The van der Waals surface area contributed by atoms with Gasteiger partial charge in [0, 0.05) is 17.1 Å². The van der Waals surface area contributed by atoms with E-state index in [2.05, 4.69) is 5.32 Å². The molecule has 0 bridgehead atoms. The zero-order valence-electron chi connectivity index (χ0n) is 14.1. The van der Waals surface area contributed by atoms with E-state index in [9.17, 15) is 18.0 Å². The molecule has 0 fully saturated rings. The number of halogens is 1. The van der Waals surface area contributed by atoms with Crippen molar-refractivity contribution in [3.8, 4) is 5.75 Å². The first-order valence-electron chi connectivity index (χ1n) is 7.57. The van der Waals surface area contributed by atoms with E-state index in [1.807, 2.05) is 4.72 Å². The van der Waals surface area contributed by atoms with Crippen LogP contribution in [-0.4, -0.2) is 33.9 Å². The van der Waals surface area contributed by atoms with E-state index >= 15 is 0 Å². The molecule has 0 spiro atoms. The Kier molecular flexibility index (Phi) is 6.23. The van der Waals surface area contributed by atoms with Gasteiger partial charge in [0.15, 0.2) is 0 Å². The standard InChI is InChI=1S/C17H17ClN2O5S/c1-3-19-16(21)11-4-7-13(8-5-11)26(23,24)20-17(22)14-10-12(18)6-9-15(14)25-2/h4-10H,3H2,1-2H3,(H,19,21)(H,20,22). The van der Waals surface area contributed by atoms with Crippen molar-refractivity contribution in [3.63, 3.8) is 0 Å². The van der Waals surface area contributed by atoms with Crippen LogP contribution in [0.3, 0.4) is 0 Å². The van der Waals surface area contributed by atoms with E-state index in [1.54, 1.807) is 6.92 Å². The predicted molar refractivity (Wildman–Crippen MR) is 97.1 cm³/mol. The summed E-state index contributed by atoms with van der Waals surface area (Å²) in [6.45, 7) is 2.23. The number of methoxy groups -OCH3 is 1. The lowest BCUT2D eigenvalue weighted by Crippen LogP contribution is -2.31. The van der Waals surface area contributed by atoms with Gasteiger partial charge in [-0.1, -0.05) is 11.6 Å². The molecular weight excluding hydrogens is 380 g/mol. The fourth-order valence-corrected chi connectivity index (χ4v) is 3.28. The summed E-state index contributed by atoms with van der Waals surface area (Å²) in [7, 11) is -2.77. The Bertz CT molecular complexity index is 927. The van der Waals surface area contributed by atoms with Crippen LogP contribution in [0.5, 0.6) is 5.75 Å². The van der Waals surface area contributed by atoms with E-state index in [1.165, 1.54) is 49.6 Å². The van der Waals surface area contributed by atoms with E-state index in [0.717, 1.165) is 0 Å². The fraction of sp³-hybridized carbons (Fsp3) is 0.176. The number of hydrogen-bond acceptors (Lipinski definition) is 5. The van der Waals surface area contributed by atoms with Gasteiger partial charge >= 0.3 is 0 Å². The van der Waals surface area contributed by atoms with Gasteiger partial charge in [-0.2, -0.15) is 0 Å². The lowest BCUT2D eigenvalue weighted by atomic mass is 10.2. The van der Waals surface area contributed by atoms with Crippen LogP contribution in [0.2, 0.25) is 5.02 Å². The molecule has 7 nitrogen and oxygen atoms in total. The molecule has 9 heteroatoms. The molecule has 2 aromatic carbocycles. The highest BCUT2D eigenvalue weighted by Gasteiger charge is 2.21. The molecule has 0 radical (unpaired) electrons. The first kappa shape index (κ1) is 19.7. The quantitative estimate of drug-likeness (QED) is 0.779. The zero-order chi connectivity index (χ0) is 19.3. The molecule has 0 aromatic heterocycles. The fourth-order valence-electron chi connectivity index (χ4n) is 2.14. The molecule has 0 aliphatic heterocycles. The van der Waals surface area contributed by atoms with Crippen molar-refractivity contribution in [3.05, 3.63) is 58.6 Å². The van der Waals surface area contributed by atoms with E-state index < -0.39 is 15.9 Å². The summed E-state index contributed by atoms with van der Waals surface area (Å²) in [4.78, 5) is 23.9. The van der Waals surface area contributed by atoms with Crippen molar-refractivity contribution in [1.29, 1.82) is 0 Å². The van der Waals surface area contributed by atoms with Crippen LogP contribution in [0.4, 0.5) is 0 Å². The van der Waals surface area contributed by atoms with Gasteiger partial charge < -0.3 is 10.1 Å². The topological polar surface area (TPSA) is 102 Å². The lowest BCUT2D eigenvalue weighted by Gasteiger charge is -2.11. The van der Waals surface area contributed by atoms with Gasteiger partial charge in [0.05, 0.1) is 17.6 Å². The molecular formula is C17H17ClN2O5S. The number of rotatable bonds is 6. The third-order valence-corrected chi connectivity index (χ3v) is 4.98. The summed E-state index contributed by atoms with van der Waals surface area (Å²) in [5.74, 6) is -1.00. The molecule has 2 amide bonds. The van der Waals surface area contributed by atoms with Crippen LogP contribution in [-0.2, 0) is 10.0 Å². The number of sulfonamides is 1. The summed E-state index contributed by atoms with van der Waals surface area (Å²) in [5, 5.41) is 2.87. The predicted octanol–water partition coefficient (Wildman–Crippen LogP) is 2.22. The minimum Gasteiger partial charge on any atom is -0.496 e. The number of hydrogen-bond donors (Lipinski definition) is 2. The van der Waals surface area contributed by atoms with Gasteiger partial charge in [-0.05, 0) is 49.4 Å². The lowest BCUT2D eigenvalue weighted by molar-refractivity contribution is 0.0952. The van der Waals surface area contributed by atoms with Crippen LogP contribution in [0.15, 0.2) is 47.4 Å². The molecule has 26 heavy (non-hydrogen) atoms. The van der Waals surface area contributed by atoms with Gasteiger partial charge in [-0.15, -0.1) is 0 Å². The molecule has 2 N–H and O–H groups in total. The largest absolute Gasteiger partial charge is 0.496 e. The minimum atomic E-state index is -4.13. The number of ether oxygens (including phenoxy) is 1. The average molecular weight is 397 g/mol. The summed E-state index contributed by atoms with van der Waals surface area (Å²) in [6.07, 6.45) is 0. The van der Waals surface area contributed by atoms with E-state index in [4.69, 9.17) is 16.3 Å². The smallest absolute Gasteiger partial charge is 0.268 e. The van der Waals surface area contributed by atoms with Gasteiger partial charge in [0.1, 0.15) is 5.75 Å². The number of benzene rings is 2. The van der Waals surface area contributed by atoms with E-state index in [0.29, 0.717) is 12.1 Å². The zero-order valence-corrected chi connectivity index (χ0v) is 15.6. The molecule has 0 unspecified atom stereocenters. The van der Waals surface area contributed by atoms with Crippen molar-refractivity contribution in [2.75, 3.05) is 13.7 Å². The second-order valence-corrected chi connectivity index (χ2v) is 7.28. The van der Waals surface area contributed by atoms with Crippen LogP contribution in [0.1, 0.15) is 27.6 Å². The Morgan fingerprint density at radius 3 is 2.31 bits per heavy atom. The first-order valence-corrected chi connectivity index (χ1v) is 9.43. The summed E-state index contributed by atoms with van der Waals surface area (Å²) in [6, 6.07) is 9.51. The molecule has 0 saturated carbocycles. The normalized spacial score (nSPS) is 10.9. The third-order valence-electron chi connectivity index (χ3n) is 3.40. The Morgan fingerprint density at radius 2 is 1.73 bits per heavy atom. The third kappa shape index (κ3) is 4.53. The molecule has 0 atom stereocenters. The van der Waals surface area contributed by atoms with Crippen molar-refractivity contribution >= 4 is 33.4 Å². The Hall–Kier alpha value is -2.58. The van der Waals surface area contributed by atoms with Crippen LogP contribution in [0.25, 0.3) is 0 Å². The number of carbonyl (C=O) groups is 2. The summed E-state index contributed by atoms with van der Waals surface area (Å²) >= 11 is 5.86. The van der Waals surface area contributed by atoms with Crippen molar-refractivity contribution < 1.29 is 22.7 Å². The number of carbonyl (C=O) groups excluding carboxylic acids is 2. The van der Waals surface area contributed by atoms with Gasteiger partial charge in [0.2, 0.25) is 0 Å². The molecule has 138 valence electrons. The van der Waals surface area contributed by atoms with Crippen molar-refractivity contribution in [2.24, 2.45) is 0 Å². The van der Waals surface area contributed by atoms with Gasteiger partial charge in [-0.25, -0.2) is 13.1 Å². The molecule has 0 saturated heterocycles. The first-order chi connectivity index (χ1) is 12.3. The summed E-state index contributed by atoms with van der Waals surface area (Å²) < 4.78 is 31.8. The second-order valence-electron chi connectivity index (χ2n) is 5.16. The average Bonchev–Trinajstić information content (AvgIpc) is 2.61. The van der Waals surface area contributed by atoms with Crippen LogP contribution in [0, 0.1) is 0 Å². The number of nitrogens with one attached hydrogen (secondary N) is 2. The van der Waals surface area contributed by atoms with Crippen molar-refractivity contribution in [1.82, 2.24) is 10.0 Å². The monoisotopic (exact) mass is 396 g/mol. The maximum Gasteiger partial charge on any atom is 0.268 e. The molecule has 2 rings (SSSR count). The van der Waals surface area contributed by atoms with Crippen molar-refractivity contribution in [2.45, 2.75) is 11.8 Å². The SMILES string of the molecule is CCNC(=O)c1ccc(S(=O)(=O)NC(=O)c2cc(Cl)ccc2OC)cc1. The summed E-state index contributed by atoms with van der Waals surface area (Å²) in [5.41, 5.74) is 0.302. The second kappa shape index (κ2) is 8.20. The molecule has 0 heterocycles. The minimum absolute atomic E-state index is 0.0116. The Balaban J connectivity index is 2.24. The molecule has 0 aliphatic carbocycles. The van der Waals surface area contributed by atoms with Gasteiger partial charge in [0.25, 0.3) is 21.8 Å². The molecule has 0 aliphatic rings. The highest BCUT2D eigenvalue weighted by Crippen LogP contribution is 2.23. The Labute approximate surface area is 156 Å². The number of amides is 2. The Morgan fingerprint density at radius 1 is 1.08 bits per heavy atom.